The number of nitrogens with zero attached hydrogens (tertiary/aromatic N) is 2. The highest BCUT2D eigenvalue weighted by atomic mass is 16.7. The summed E-state index contributed by atoms with van der Waals surface area (Å²) in [5.41, 5.74) is 2.51. The van der Waals surface area contributed by atoms with E-state index in [2.05, 4.69) is 36.7 Å². The summed E-state index contributed by atoms with van der Waals surface area (Å²) in [6.07, 6.45) is 20.7. The van der Waals surface area contributed by atoms with Gasteiger partial charge in [-0.05, 0) is 58.0 Å². The minimum absolute atomic E-state index is 0.229. The van der Waals surface area contributed by atoms with Gasteiger partial charge >= 0.3 is 5.97 Å². The highest BCUT2D eigenvalue weighted by Gasteiger charge is 2.35. The fraction of sp³-hybridized carbons (Fsp3) is 0.833. The zero-order valence-corrected chi connectivity index (χ0v) is 19.8. The fourth-order valence-corrected chi connectivity index (χ4v) is 3.37. The Balaban J connectivity index is 2.15. The van der Waals surface area contributed by atoms with E-state index >= 15 is 0 Å². The second-order valence-electron chi connectivity index (χ2n) is 9.02. The number of nitrogens with one attached hydrogen (secondary N) is 1. The summed E-state index contributed by atoms with van der Waals surface area (Å²) < 4.78 is 0. The molecule has 1 unspecified atom stereocenters. The topological polar surface area (TPSA) is 74.2 Å². The molecule has 1 aliphatic heterocycles. The Bertz CT molecular complexity index is 532. The number of carbonyl (C=O) groups is 1. The van der Waals surface area contributed by atoms with Gasteiger partial charge in [-0.25, -0.2) is 0 Å². The van der Waals surface area contributed by atoms with Crippen LogP contribution in [-0.4, -0.2) is 27.6 Å². The molecule has 0 fully saturated rings. The van der Waals surface area contributed by atoms with Crippen LogP contribution >= 0.6 is 0 Å². The molecule has 0 spiro atoms. The number of hydrogen-bond donors (Lipinski definition) is 2. The molecule has 0 saturated carbocycles. The number of hydrogen-bond acceptors (Lipinski definition) is 5. The number of hydrazine groups is 1. The molecule has 0 aromatic heterocycles. The maximum atomic E-state index is 11.7. The average Bonchev–Trinajstić information content (AvgIpc) is 3.21. The molecule has 1 heterocycles. The first-order valence-corrected chi connectivity index (χ1v) is 12.1. The highest BCUT2D eigenvalue weighted by Crippen LogP contribution is 2.23. The number of unbranched alkanes of at least 4 members (excludes halogenated alkanes) is 10. The molecule has 0 amide bonds. The average molecular weight is 424 g/mol. The van der Waals surface area contributed by atoms with Gasteiger partial charge in [-0.2, -0.15) is 5.12 Å². The van der Waals surface area contributed by atoms with Crippen LogP contribution in [0.2, 0.25) is 0 Å². The molecule has 0 aromatic rings. The molecule has 0 saturated heterocycles. The summed E-state index contributed by atoms with van der Waals surface area (Å²) in [5.74, 6) is -1.29. The monoisotopic (exact) mass is 423 g/mol. The summed E-state index contributed by atoms with van der Waals surface area (Å²) in [7, 11) is 0. The Morgan fingerprint density at radius 2 is 1.60 bits per heavy atom. The Morgan fingerprint density at radius 3 is 2.17 bits per heavy atom. The van der Waals surface area contributed by atoms with Gasteiger partial charge in [0, 0.05) is 0 Å². The Kier molecular flexibility index (Phi) is 13.5. The predicted molar refractivity (Wildman–Crippen MR) is 124 cm³/mol. The standard InChI is InChI=1S/C24H45N3O3/c1-5-7-8-9-10-11-12-13-14-15-16-17-18-19-20-21(23(28)29)22-25-27(26-30-22)24(3,4)6-2/h13-14,21,26H,5-12,15-20H2,1-4H3,(H,28,29). The molecule has 1 atom stereocenters. The van der Waals surface area contributed by atoms with E-state index in [0.29, 0.717) is 6.42 Å². The van der Waals surface area contributed by atoms with Crippen LogP contribution in [0.25, 0.3) is 0 Å². The minimum Gasteiger partial charge on any atom is -0.481 e. The second kappa shape index (κ2) is 15.3. The van der Waals surface area contributed by atoms with Crippen molar-refractivity contribution in [2.75, 3.05) is 0 Å². The SMILES string of the molecule is CCCCCCCCC=CCCCCCCC(C(=O)O)C1=NN(C(C)(C)CC)NO1. The van der Waals surface area contributed by atoms with Crippen LogP contribution in [0.3, 0.4) is 0 Å². The molecule has 0 radical (unpaired) electrons. The third kappa shape index (κ3) is 10.5. The van der Waals surface area contributed by atoms with Gasteiger partial charge in [0.2, 0.25) is 5.90 Å². The number of carboxylic acids is 1. The van der Waals surface area contributed by atoms with Crippen molar-refractivity contribution in [3.8, 4) is 0 Å². The minimum atomic E-state index is -0.871. The number of hydrazone groups is 1. The summed E-state index contributed by atoms with van der Waals surface area (Å²) in [6.45, 7) is 8.39. The molecule has 6 heteroatoms. The molecule has 1 rings (SSSR count). The number of allylic oxidation sites excluding steroid dienone is 2. The van der Waals surface area contributed by atoms with Crippen molar-refractivity contribution >= 4 is 11.9 Å². The maximum absolute atomic E-state index is 11.7. The van der Waals surface area contributed by atoms with Crippen LogP contribution in [0.1, 0.15) is 118 Å². The maximum Gasteiger partial charge on any atom is 0.316 e. The van der Waals surface area contributed by atoms with Gasteiger partial charge in [-0.3, -0.25) is 4.79 Å². The van der Waals surface area contributed by atoms with Crippen molar-refractivity contribution in [1.82, 2.24) is 10.7 Å². The molecule has 6 nitrogen and oxygen atoms in total. The molecule has 0 aromatic carbocycles. The normalized spacial score (nSPS) is 15.5. The smallest absolute Gasteiger partial charge is 0.316 e. The van der Waals surface area contributed by atoms with E-state index in [-0.39, 0.29) is 11.4 Å². The quantitative estimate of drug-likeness (QED) is 0.192. The van der Waals surface area contributed by atoms with Crippen LogP contribution in [0.4, 0.5) is 0 Å². The lowest BCUT2D eigenvalue weighted by Gasteiger charge is -2.30. The van der Waals surface area contributed by atoms with Gasteiger partial charge in [-0.1, -0.05) is 77.4 Å². The van der Waals surface area contributed by atoms with Crippen LogP contribution in [0, 0.1) is 5.92 Å². The molecule has 174 valence electrons. The van der Waals surface area contributed by atoms with Crippen molar-refractivity contribution in [3.63, 3.8) is 0 Å². The van der Waals surface area contributed by atoms with E-state index in [9.17, 15) is 9.90 Å². The van der Waals surface area contributed by atoms with E-state index in [4.69, 9.17) is 4.84 Å². The van der Waals surface area contributed by atoms with Crippen molar-refractivity contribution in [1.29, 1.82) is 0 Å². The first-order chi connectivity index (χ1) is 14.4. The van der Waals surface area contributed by atoms with Crippen LogP contribution < -0.4 is 5.59 Å². The van der Waals surface area contributed by atoms with Gasteiger partial charge in [0.15, 0.2) is 0 Å². The molecule has 0 bridgehead atoms. The fourth-order valence-electron chi connectivity index (χ4n) is 3.37. The summed E-state index contributed by atoms with van der Waals surface area (Å²) in [6, 6.07) is 0. The summed E-state index contributed by atoms with van der Waals surface area (Å²) >= 11 is 0. The molecular weight excluding hydrogens is 378 g/mol. The number of carboxylic acid groups (broad SMARTS) is 1. The Labute approximate surface area is 184 Å². The number of aliphatic carboxylic acids is 1. The number of rotatable bonds is 18. The van der Waals surface area contributed by atoms with Gasteiger partial charge in [0.25, 0.3) is 0 Å². The van der Waals surface area contributed by atoms with Crippen molar-refractivity contribution in [3.05, 3.63) is 12.2 Å². The molecule has 30 heavy (non-hydrogen) atoms. The van der Waals surface area contributed by atoms with Crippen LogP contribution in [-0.2, 0) is 9.63 Å². The van der Waals surface area contributed by atoms with Crippen LogP contribution in [0.5, 0.6) is 0 Å². The molecule has 0 aliphatic carbocycles. The van der Waals surface area contributed by atoms with Gasteiger partial charge in [0.05, 0.1) is 5.54 Å². The highest BCUT2D eigenvalue weighted by molar-refractivity contribution is 5.97. The van der Waals surface area contributed by atoms with Crippen molar-refractivity contribution in [2.24, 2.45) is 11.0 Å². The van der Waals surface area contributed by atoms with E-state index in [0.717, 1.165) is 32.1 Å². The summed E-state index contributed by atoms with van der Waals surface area (Å²) in [4.78, 5) is 17.0. The summed E-state index contributed by atoms with van der Waals surface area (Å²) in [5, 5.41) is 15.6. The Morgan fingerprint density at radius 1 is 1.03 bits per heavy atom. The Hall–Kier alpha value is -1.56. The molecule has 1 aliphatic rings. The second-order valence-corrected chi connectivity index (χ2v) is 9.02. The molecule has 2 N–H and O–H groups in total. The van der Waals surface area contributed by atoms with Gasteiger partial charge in [-0.15, -0.1) is 5.10 Å². The lowest BCUT2D eigenvalue weighted by molar-refractivity contribution is -0.140. The van der Waals surface area contributed by atoms with E-state index < -0.39 is 11.9 Å². The predicted octanol–water partition coefficient (Wildman–Crippen LogP) is 6.59. The van der Waals surface area contributed by atoms with Crippen molar-refractivity contribution < 1.29 is 14.7 Å². The third-order valence-electron chi connectivity index (χ3n) is 5.97. The van der Waals surface area contributed by atoms with Gasteiger partial charge in [0.1, 0.15) is 5.92 Å². The first-order valence-electron chi connectivity index (χ1n) is 12.1. The lowest BCUT2D eigenvalue weighted by Crippen LogP contribution is -2.45. The van der Waals surface area contributed by atoms with Gasteiger partial charge < -0.3 is 9.94 Å². The van der Waals surface area contributed by atoms with E-state index in [1.165, 1.54) is 51.4 Å². The largest absolute Gasteiger partial charge is 0.481 e. The van der Waals surface area contributed by atoms with E-state index in [1.54, 1.807) is 5.12 Å². The van der Waals surface area contributed by atoms with E-state index in [1.807, 2.05) is 13.8 Å². The zero-order chi connectivity index (χ0) is 22.2. The lowest BCUT2D eigenvalue weighted by atomic mass is 10.00. The molecular formula is C24H45N3O3. The third-order valence-corrected chi connectivity index (χ3v) is 5.97. The van der Waals surface area contributed by atoms with Crippen molar-refractivity contribution in [2.45, 2.75) is 123 Å². The van der Waals surface area contributed by atoms with Crippen LogP contribution in [0.15, 0.2) is 17.3 Å². The zero-order valence-electron chi connectivity index (χ0n) is 19.8. The first kappa shape index (κ1) is 26.5.